The Morgan fingerprint density at radius 1 is 1.28 bits per heavy atom. The Kier molecular flexibility index (Phi) is 4.47. The summed E-state index contributed by atoms with van der Waals surface area (Å²) in [5.41, 5.74) is 2.17. The fourth-order valence-corrected chi connectivity index (χ4v) is 1.88. The van der Waals surface area contributed by atoms with Gasteiger partial charge in [-0.25, -0.2) is 0 Å². The zero-order chi connectivity index (χ0) is 12.8. The minimum Gasteiger partial charge on any atom is -0.353 e. The molecule has 1 heterocycles. The van der Waals surface area contributed by atoms with Gasteiger partial charge in [-0.3, -0.25) is 5.01 Å². The maximum absolute atomic E-state index is 4.41. The average molecular weight is 259 g/mol. The summed E-state index contributed by atoms with van der Waals surface area (Å²) < 4.78 is 2.11. The molecule has 0 aliphatic heterocycles. The summed E-state index contributed by atoms with van der Waals surface area (Å²) in [6, 6.07) is 12.1. The number of thiol groups is 1. The van der Waals surface area contributed by atoms with Crippen LogP contribution in [0.4, 0.5) is 5.69 Å². The van der Waals surface area contributed by atoms with Crippen LogP contribution >= 0.6 is 12.6 Å². The molecule has 3 nitrogen and oxygen atoms in total. The van der Waals surface area contributed by atoms with E-state index in [1.54, 1.807) is 0 Å². The molecule has 2 rings (SSSR count). The molecule has 0 saturated carbocycles. The summed E-state index contributed by atoms with van der Waals surface area (Å²) in [6.07, 6.45) is 5.97. The number of rotatable bonds is 5. The van der Waals surface area contributed by atoms with Crippen LogP contribution in [0.5, 0.6) is 0 Å². The number of aryl methyl sites for hydroxylation is 1. The predicted molar refractivity (Wildman–Crippen MR) is 80.7 cm³/mol. The first-order chi connectivity index (χ1) is 8.79. The first-order valence-electron chi connectivity index (χ1n) is 5.89. The second-order valence-corrected chi connectivity index (χ2v) is 4.46. The molecule has 94 valence electrons. The Bertz CT molecular complexity index is 505. The summed E-state index contributed by atoms with van der Waals surface area (Å²) in [5.74, 6) is 0.842. The van der Waals surface area contributed by atoms with Crippen molar-refractivity contribution in [2.45, 2.75) is 6.54 Å². The number of benzene rings is 1. The Morgan fingerprint density at radius 3 is 2.78 bits per heavy atom. The lowest BCUT2D eigenvalue weighted by molar-refractivity contribution is 0.780. The molecule has 0 N–H and O–H groups in total. The van der Waals surface area contributed by atoms with E-state index in [1.807, 2.05) is 60.9 Å². The van der Waals surface area contributed by atoms with Crippen molar-refractivity contribution in [3.63, 3.8) is 0 Å². The number of hydrogen-bond acceptors (Lipinski definition) is 3. The standard InChI is InChI=1S/C14H17N3S/c1-16(14-5-3-2-4-6-14)15-11-13-7-8-17(12-13)9-10-18/h2-8,11-12,18H,9-10H2,1H3/b15-11+. The van der Waals surface area contributed by atoms with E-state index in [2.05, 4.69) is 28.5 Å². The number of para-hydroxylation sites is 1. The van der Waals surface area contributed by atoms with Gasteiger partial charge in [0.05, 0.1) is 11.9 Å². The third-order valence-electron chi connectivity index (χ3n) is 2.64. The highest BCUT2D eigenvalue weighted by Crippen LogP contribution is 2.11. The van der Waals surface area contributed by atoms with Crippen molar-refractivity contribution in [3.8, 4) is 0 Å². The highest BCUT2D eigenvalue weighted by molar-refractivity contribution is 7.80. The molecule has 0 radical (unpaired) electrons. The summed E-state index contributed by atoms with van der Waals surface area (Å²) >= 11 is 4.21. The van der Waals surface area contributed by atoms with Crippen LogP contribution in [-0.4, -0.2) is 23.6 Å². The molecule has 1 aromatic carbocycles. The normalized spacial score (nSPS) is 11.0. The van der Waals surface area contributed by atoms with Gasteiger partial charge in [0.25, 0.3) is 0 Å². The molecule has 1 aromatic heterocycles. The van der Waals surface area contributed by atoms with Crippen molar-refractivity contribution in [2.75, 3.05) is 17.8 Å². The third-order valence-corrected chi connectivity index (χ3v) is 2.84. The van der Waals surface area contributed by atoms with Gasteiger partial charge in [0.1, 0.15) is 0 Å². The predicted octanol–water partition coefficient (Wildman–Crippen LogP) is 2.89. The van der Waals surface area contributed by atoms with Gasteiger partial charge in [-0.05, 0) is 18.2 Å². The molecular formula is C14H17N3S. The molecule has 0 aliphatic rings. The zero-order valence-corrected chi connectivity index (χ0v) is 11.3. The van der Waals surface area contributed by atoms with Gasteiger partial charge in [-0.1, -0.05) is 18.2 Å². The van der Waals surface area contributed by atoms with Crippen molar-refractivity contribution < 1.29 is 0 Å². The highest BCUT2D eigenvalue weighted by Gasteiger charge is 1.96. The first-order valence-corrected chi connectivity index (χ1v) is 6.52. The lowest BCUT2D eigenvalue weighted by atomic mass is 10.3. The van der Waals surface area contributed by atoms with Gasteiger partial charge in [0.15, 0.2) is 0 Å². The lowest BCUT2D eigenvalue weighted by Crippen LogP contribution is -2.08. The van der Waals surface area contributed by atoms with Crippen molar-refractivity contribution in [2.24, 2.45) is 5.10 Å². The summed E-state index contributed by atoms with van der Waals surface area (Å²) in [7, 11) is 1.94. The molecule has 0 bridgehead atoms. The van der Waals surface area contributed by atoms with Crippen LogP contribution in [-0.2, 0) is 6.54 Å². The Labute approximate surface area is 113 Å². The molecule has 18 heavy (non-hydrogen) atoms. The fourth-order valence-electron chi connectivity index (χ4n) is 1.65. The van der Waals surface area contributed by atoms with Crippen LogP contribution in [0, 0.1) is 0 Å². The number of nitrogens with zero attached hydrogens (tertiary/aromatic N) is 3. The topological polar surface area (TPSA) is 20.5 Å². The quantitative estimate of drug-likeness (QED) is 0.497. The van der Waals surface area contributed by atoms with E-state index in [0.717, 1.165) is 23.5 Å². The van der Waals surface area contributed by atoms with Gasteiger partial charge in [-0.2, -0.15) is 17.7 Å². The van der Waals surface area contributed by atoms with E-state index in [0.29, 0.717) is 0 Å². The van der Waals surface area contributed by atoms with E-state index < -0.39 is 0 Å². The van der Waals surface area contributed by atoms with E-state index in [4.69, 9.17) is 0 Å². The maximum atomic E-state index is 4.41. The van der Waals surface area contributed by atoms with Crippen molar-refractivity contribution in [1.82, 2.24) is 4.57 Å². The van der Waals surface area contributed by atoms with Crippen LogP contribution in [0.2, 0.25) is 0 Å². The monoisotopic (exact) mass is 259 g/mol. The zero-order valence-electron chi connectivity index (χ0n) is 10.4. The fraction of sp³-hybridized carbons (Fsp3) is 0.214. The van der Waals surface area contributed by atoms with Gasteiger partial charge >= 0.3 is 0 Å². The Morgan fingerprint density at radius 2 is 2.06 bits per heavy atom. The minimum atomic E-state index is 0.842. The van der Waals surface area contributed by atoms with Gasteiger partial charge < -0.3 is 4.57 Å². The number of hydrazone groups is 1. The summed E-state index contributed by atoms with van der Waals surface area (Å²) in [5, 5.41) is 6.27. The summed E-state index contributed by atoms with van der Waals surface area (Å²) in [4.78, 5) is 0. The average Bonchev–Trinajstić information content (AvgIpc) is 2.85. The third kappa shape index (κ3) is 3.40. The van der Waals surface area contributed by atoms with Crippen LogP contribution in [0.15, 0.2) is 53.9 Å². The van der Waals surface area contributed by atoms with Crippen molar-refractivity contribution in [1.29, 1.82) is 0 Å². The molecule has 0 aliphatic carbocycles. The van der Waals surface area contributed by atoms with Gasteiger partial charge in [0, 0.05) is 37.3 Å². The van der Waals surface area contributed by atoms with Gasteiger partial charge in [-0.15, -0.1) is 0 Å². The van der Waals surface area contributed by atoms with Crippen LogP contribution < -0.4 is 5.01 Å². The van der Waals surface area contributed by atoms with Gasteiger partial charge in [0.2, 0.25) is 0 Å². The molecule has 0 amide bonds. The molecule has 0 fully saturated rings. The van der Waals surface area contributed by atoms with Crippen LogP contribution in [0.1, 0.15) is 5.56 Å². The first kappa shape index (κ1) is 12.8. The second-order valence-electron chi connectivity index (χ2n) is 4.01. The second kappa shape index (κ2) is 6.31. The van der Waals surface area contributed by atoms with E-state index in [9.17, 15) is 0 Å². The minimum absolute atomic E-state index is 0.842. The van der Waals surface area contributed by atoms with E-state index >= 15 is 0 Å². The number of hydrogen-bond donors (Lipinski definition) is 1. The maximum Gasteiger partial charge on any atom is 0.0590 e. The molecule has 0 atom stereocenters. The number of anilines is 1. The largest absolute Gasteiger partial charge is 0.353 e. The Hall–Kier alpha value is -1.68. The van der Waals surface area contributed by atoms with E-state index in [1.165, 1.54) is 0 Å². The van der Waals surface area contributed by atoms with Crippen LogP contribution in [0.25, 0.3) is 0 Å². The number of aromatic nitrogens is 1. The molecule has 0 saturated heterocycles. The molecule has 0 spiro atoms. The Balaban J connectivity index is 2.01. The molecular weight excluding hydrogens is 242 g/mol. The molecule has 4 heteroatoms. The summed E-state index contributed by atoms with van der Waals surface area (Å²) in [6.45, 7) is 0.922. The smallest absolute Gasteiger partial charge is 0.0590 e. The van der Waals surface area contributed by atoms with Crippen molar-refractivity contribution >= 4 is 24.5 Å². The van der Waals surface area contributed by atoms with Crippen molar-refractivity contribution in [3.05, 3.63) is 54.4 Å². The molecule has 2 aromatic rings. The SMILES string of the molecule is CN(/N=C/c1ccn(CCS)c1)c1ccccc1. The van der Waals surface area contributed by atoms with Crippen LogP contribution in [0.3, 0.4) is 0 Å². The highest BCUT2D eigenvalue weighted by atomic mass is 32.1. The lowest BCUT2D eigenvalue weighted by Gasteiger charge is -2.11. The molecule has 0 unspecified atom stereocenters. The van der Waals surface area contributed by atoms with E-state index in [-0.39, 0.29) is 0 Å².